The van der Waals surface area contributed by atoms with Crippen LogP contribution < -0.4 is 14.2 Å². The predicted molar refractivity (Wildman–Crippen MR) is 119 cm³/mol. The third kappa shape index (κ3) is 4.56. The fourth-order valence-electron chi connectivity index (χ4n) is 3.95. The van der Waals surface area contributed by atoms with Crippen molar-refractivity contribution in [3.63, 3.8) is 0 Å². The summed E-state index contributed by atoms with van der Waals surface area (Å²) >= 11 is 0. The quantitative estimate of drug-likeness (QED) is 0.557. The van der Waals surface area contributed by atoms with Crippen LogP contribution in [0.4, 0.5) is 0 Å². The van der Waals surface area contributed by atoms with E-state index >= 15 is 0 Å². The smallest absolute Gasteiger partial charge is 0.227 e. The minimum Gasteiger partial charge on any atom is -0.493 e. The van der Waals surface area contributed by atoms with Gasteiger partial charge in [-0.05, 0) is 61.2 Å². The molecule has 0 spiro atoms. The molecule has 0 radical (unpaired) electrons. The molecule has 0 unspecified atom stereocenters. The van der Waals surface area contributed by atoms with Gasteiger partial charge in [-0.2, -0.15) is 0 Å². The van der Waals surface area contributed by atoms with E-state index in [0.717, 1.165) is 46.1 Å². The van der Waals surface area contributed by atoms with Crippen LogP contribution in [0.1, 0.15) is 33.7 Å². The van der Waals surface area contributed by atoms with E-state index in [1.54, 1.807) is 14.2 Å². The number of methoxy groups -OCH3 is 2. The molecule has 7 heteroatoms. The second kappa shape index (κ2) is 9.34. The zero-order valence-corrected chi connectivity index (χ0v) is 18.9. The molecule has 0 saturated carbocycles. The number of rotatable bonds is 7. The van der Waals surface area contributed by atoms with Gasteiger partial charge in [0.1, 0.15) is 18.1 Å². The maximum absolute atomic E-state index is 12.9. The van der Waals surface area contributed by atoms with Crippen LogP contribution in [-0.4, -0.2) is 36.7 Å². The van der Waals surface area contributed by atoms with Gasteiger partial charge in [-0.3, -0.25) is 4.79 Å². The van der Waals surface area contributed by atoms with Crippen molar-refractivity contribution in [3.8, 4) is 17.2 Å². The molecule has 4 rings (SSSR count). The molecular weight excluding hydrogens is 408 g/mol. The molecule has 32 heavy (non-hydrogen) atoms. The van der Waals surface area contributed by atoms with Crippen molar-refractivity contribution in [2.45, 2.75) is 39.8 Å². The summed E-state index contributed by atoms with van der Waals surface area (Å²) in [6, 6.07) is 11.6. The monoisotopic (exact) mass is 436 g/mol. The molecule has 0 aliphatic carbocycles. The van der Waals surface area contributed by atoms with Crippen LogP contribution in [0.2, 0.25) is 0 Å². The van der Waals surface area contributed by atoms with Crippen molar-refractivity contribution in [1.82, 2.24) is 10.1 Å². The molecule has 2 heterocycles. The summed E-state index contributed by atoms with van der Waals surface area (Å²) in [5.74, 6) is 3.03. The molecule has 0 fully saturated rings. The Balaban J connectivity index is 1.36. The second-order valence-corrected chi connectivity index (χ2v) is 7.95. The summed E-state index contributed by atoms with van der Waals surface area (Å²) in [6.07, 6.45) is 1.16. The Labute approximate surface area is 187 Å². The number of aromatic nitrogens is 1. The first-order chi connectivity index (χ1) is 15.5. The Morgan fingerprint density at radius 2 is 1.75 bits per heavy atom. The maximum Gasteiger partial charge on any atom is 0.227 e. The molecule has 0 bridgehead atoms. The summed E-state index contributed by atoms with van der Waals surface area (Å²) in [7, 11) is 3.26. The number of nitrogens with zero attached hydrogens (tertiary/aromatic N) is 2. The standard InChI is InChI=1S/C25H28N2O5/c1-16-22(17(2)32-26-16)15-31-21-7-5-18(6-8-21)11-25(28)27-10-9-19-12-23(29-3)24(30-4)13-20(19)14-27/h5-8,12-13H,9-11,14-15H2,1-4H3. The molecule has 1 aromatic heterocycles. The number of aryl methyl sites for hydroxylation is 2. The van der Waals surface area contributed by atoms with E-state index in [2.05, 4.69) is 5.16 Å². The summed E-state index contributed by atoms with van der Waals surface area (Å²) in [5.41, 5.74) is 5.06. The summed E-state index contributed by atoms with van der Waals surface area (Å²) < 4.78 is 21.8. The number of benzene rings is 2. The average molecular weight is 437 g/mol. The lowest BCUT2D eigenvalue weighted by Gasteiger charge is -2.29. The normalized spacial score (nSPS) is 12.9. The highest BCUT2D eigenvalue weighted by Crippen LogP contribution is 2.33. The van der Waals surface area contributed by atoms with E-state index in [1.165, 1.54) is 5.56 Å². The van der Waals surface area contributed by atoms with E-state index in [0.29, 0.717) is 31.9 Å². The Hall–Kier alpha value is -3.48. The van der Waals surface area contributed by atoms with Crippen LogP contribution in [-0.2, 0) is 30.8 Å². The molecule has 1 aliphatic rings. The number of ether oxygens (including phenoxy) is 3. The van der Waals surface area contributed by atoms with E-state index in [-0.39, 0.29) is 5.91 Å². The largest absolute Gasteiger partial charge is 0.493 e. The summed E-state index contributed by atoms with van der Waals surface area (Å²) in [4.78, 5) is 14.8. The first-order valence-corrected chi connectivity index (χ1v) is 10.6. The number of hydrogen-bond donors (Lipinski definition) is 0. The van der Waals surface area contributed by atoms with Gasteiger partial charge < -0.3 is 23.6 Å². The fourth-order valence-corrected chi connectivity index (χ4v) is 3.95. The molecule has 0 N–H and O–H groups in total. The Kier molecular flexibility index (Phi) is 6.35. The molecule has 7 nitrogen and oxygen atoms in total. The molecule has 2 aromatic carbocycles. The van der Waals surface area contributed by atoms with Crippen molar-refractivity contribution >= 4 is 5.91 Å². The van der Waals surface area contributed by atoms with Gasteiger partial charge in [-0.1, -0.05) is 17.3 Å². The lowest BCUT2D eigenvalue weighted by molar-refractivity contribution is -0.131. The van der Waals surface area contributed by atoms with Gasteiger partial charge in [-0.25, -0.2) is 0 Å². The van der Waals surface area contributed by atoms with Crippen LogP contribution in [0.3, 0.4) is 0 Å². The number of fused-ring (bicyclic) bond motifs is 1. The van der Waals surface area contributed by atoms with Crippen molar-refractivity contribution in [2.24, 2.45) is 0 Å². The van der Waals surface area contributed by atoms with Crippen LogP contribution in [0, 0.1) is 13.8 Å². The van der Waals surface area contributed by atoms with Crippen molar-refractivity contribution in [1.29, 1.82) is 0 Å². The Morgan fingerprint density at radius 1 is 1.06 bits per heavy atom. The zero-order chi connectivity index (χ0) is 22.7. The average Bonchev–Trinajstić information content (AvgIpc) is 3.14. The van der Waals surface area contributed by atoms with Crippen molar-refractivity contribution < 1.29 is 23.5 Å². The highest BCUT2D eigenvalue weighted by molar-refractivity contribution is 5.79. The van der Waals surface area contributed by atoms with E-state index in [1.807, 2.05) is 55.1 Å². The summed E-state index contributed by atoms with van der Waals surface area (Å²) in [6.45, 7) is 5.45. The third-order valence-corrected chi connectivity index (χ3v) is 5.91. The number of hydrogen-bond acceptors (Lipinski definition) is 6. The molecule has 168 valence electrons. The zero-order valence-electron chi connectivity index (χ0n) is 18.9. The molecule has 0 atom stereocenters. The van der Waals surface area contributed by atoms with Crippen LogP contribution in [0.25, 0.3) is 0 Å². The molecule has 1 amide bonds. The molecular formula is C25H28N2O5. The predicted octanol–water partition coefficient (Wildman–Crippen LogP) is 4.02. The summed E-state index contributed by atoms with van der Waals surface area (Å²) in [5, 5.41) is 3.94. The van der Waals surface area contributed by atoms with E-state index < -0.39 is 0 Å². The lowest BCUT2D eigenvalue weighted by atomic mass is 9.98. The van der Waals surface area contributed by atoms with Crippen molar-refractivity contribution in [2.75, 3.05) is 20.8 Å². The van der Waals surface area contributed by atoms with Gasteiger partial charge in [0.2, 0.25) is 5.91 Å². The fraction of sp³-hybridized carbons (Fsp3) is 0.360. The van der Waals surface area contributed by atoms with Crippen LogP contribution in [0.15, 0.2) is 40.9 Å². The minimum absolute atomic E-state index is 0.106. The van der Waals surface area contributed by atoms with Gasteiger partial charge >= 0.3 is 0 Å². The first kappa shape index (κ1) is 21.7. The molecule has 0 saturated heterocycles. The first-order valence-electron chi connectivity index (χ1n) is 10.6. The van der Waals surface area contributed by atoms with Gasteiger partial charge in [0.25, 0.3) is 0 Å². The van der Waals surface area contributed by atoms with Crippen molar-refractivity contribution in [3.05, 3.63) is 70.1 Å². The minimum atomic E-state index is 0.106. The highest BCUT2D eigenvalue weighted by Gasteiger charge is 2.23. The SMILES string of the molecule is COc1cc2c(cc1OC)CN(C(=O)Cc1ccc(OCc3c(C)noc3C)cc1)CC2. The van der Waals surface area contributed by atoms with E-state index in [9.17, 15) is 4.79 Å². The van der Waals surface area contributed by atoms with Crippen LogP contribution >= 0.6 is 0 Å². The second-order valence-electron chi connectivity index (χ2n) is 7.95. The lowest BCUT2D eigenvalue weighted by Crippen LogP contribution is -2.36. The topological polar surface area (TPSA) is 74.0 Å². The van der Waals surface area contributed by atoms with Crippen LogP contribution in [0.5, 0.6) is 17.2 Å². The Morgan fingerprint density at radius 3 is 2.38 bits per heavy atom. The van der Waals surface area contributed by atoms with Gasteiger partial charge in [0.15, 0.2) is 11.5 Å². The molecule has 3 aromatic rings. The Bertz CT molecular complexity index is 1080. The van der Waals surface area contributed by atoms with Gasteiger partial charge in [-0.15, -0.1) is 0 Å². The van der Waals surface area contributed by atoms with E-state index in [4.69, 9.17) is 18.7 Å². The van der Waals surface area contributed by atoms with Gasteiger partial charge in [0.05, 0.1) is 31.9 Å². The molecule has 1 aliphatic heterocycles. The number of amides is 1. The number of carbonyl (C=O) groups is 1. The number of carbonyl (C=O) groups excluding carboxylic acids is 1. The third-order valence-electron chi connectivity index (χ3n) is 5.91. The van der Waals surface area contributed by atoms with Gasteiger partial charge in [0, 0.05) is 13.1 Å². The highest BCUT2D eigenvalue weighted by atomic mass is 16.5. The maximum atomic E-state index is 12.9.